The van der Waals surface area contributed by atoms with Crippen molar-refractivity contribution in [1.82, 2.24) is 20.1 Å². The molecule has 2 atom stereocenters. The highest BCUT2D eigenvalue weighted by Gasteiger charge is 2.32. The number of hydrogen-bond donors (Lipinski definition) is 1. The Morgan fingerprint density at radius 3 is 2.73 bits per heavy atom. The van der Waals surface area contributed by atoms with Gasteiger partial charge in [-0.1, -0.05) is 0 Å². The van der Waals surface area contributed by atoms with Crippen molar-refractivity contribution in [3.8, 4) is 11.3 Å². The number of sulfone groups is 1. The summed E-state index contributed by atoms with van der Waals surface area (Å²) in [5.74, 6) is -0.550. The fourth-order valence-electron chi connectivity index (χ4n) is 4.59. The van der Waals surface area contributed by atoms with E-state index in [4.69, 9.17) is 9.72 Å². The van der Waals surface area contributed by atoms with E-state index < -0.39 is 9.84 Å². The van der Waals surface area contributed by atoms with E-state index in [0.29, 0.717) is 53.1 Å². The lowest BCUT2D eigenvalue weighted by Crippen LogP contribution is -2.32. The molecular weight excluding hydrogens is 447 g/mol. The Hall–Kier alpha value is -2.85. The van der Waals surface area contributed by atoms with Crippen LogP contribution in [0, 0.1) is 12.7 Å². The summed E-state index contributed by atoms with van der Waals surface area (Å²) in [6.45, 7) is 2.89. The van der Waals surface area contributed by atoms with Gasteiger partial charge in [-0.2, -0.15) is 5.10 Å². The van der Waals surface area contributed by atoms with Gasteiger partial charge in [-0.25, -0.2) is 22.5 Å². The van der Waals surface area contributed by atoms with Gasteiger partial charge in [0.1, 0.15) is 5.82 Å². The van der Waals surface area contributed by atoms with Crippen LogP contribution >= 0.6 is 0 Å². The summed E-state index contributed by atoms with van der Waals surface area (Å²) in [4.78, 5) is 18.0. The Balaban J connectivity index is 1.60. The van der Waals surface area contributed by atoms with E-state index in [1.807, 2.05) is 0 Å². The van der Waals surface area contributed by atoms with E-state index in [1.54, 1.807) is 29.8 Å². The minimum absolute atomic E-state index is 0.00429. The monoisotopic (exact) mass is 472 g/mol. The number of nitrogens with zero attached hydrogens (tertiary/aromatic N) is 3. The molecule has 2 saturated heterocycles. The third kappa shape index (κ3) is 4.37. The zero-order valence-electron chi connectivity index (χ0n) is 18.3. The number of rotatable bonds is 5. The second-order valence-corrected chi connectivity index (χ2v) is 10.9. The number of fused-ring (bicyclic) bond motifs is 1. The first-order chi connectivity index (χ1) is 15.8. The molecule has 2 unspecified atom stereocenters. The zero-order valence-corrected chi connectivity index (χ0v) is 19.1. The van der Waals surface area contributed by atoms with Crippen LogP contribution in [0.25, 0.3) is 22.3 Å². The number of carbonyl (C=O) groups is 1. The molecule has 2 aliphatic rings. The summed E-state index contributed by atoms with van der Waals surface area (Å²) in [6, 6.07) is 7.22. The highest BCUT2D eigenvalue weighted by Crippen LogP contribution is 2.32. The first kappa shape index (κ1) is 22.0. The molecule has 0 saturated carbocycles. The van der Waals surface area contributed by atoms with Crippen molar-refractivity contribution in [1.29, 1.82) is 0 Å². The van der Waals surface area contributed by atoms with Gasteiger partial charge in [0.15, 0.2) is 15.5 Å². The fraction of sp³-hybridized carbons (Fsp3) is 0.435. The van der Waals surface area contributed by atoms with Gasteiger partial charge < -0.3 is 10.1 Å². The van der Waals surface area contributed by atoms with Crippen molar-refractivity contribution in [3.63, 3.8) is 0 Å². The molecule has 8 nitrogen and oxygen atoms in total. The molecule has 2 aliphatic heterocycles. The number of hydrogen-bond acceptors (Lipinski definition) is 6. The second-order valence-electron chi connectivity index (χ2n) is 8.69. The molecular formula is C23H25FN4O4S. The maximum Gasteiger partial charge on any atom is 0.252 e. The normalized spacial score (nSPS) is 22.1. The lowest BCUT2D eigenvalue weighted by molar-refractivity contribution is 0.0859. The summed E-state index contributed by atoms with van der Waals surface area (Å²) in [5.41, 5.74) is 2.61. The first-order valence-electron chi connectivity index (χ1n) is 11.1. The molecule has 1 N–H and O–H groups in total. The molecule has 0 radical (unpaired) electrons. The van der Waals surface area contributed by atoms with Crippen LogP contribution in [0.15, 0.2) is 30.3 Å². The molecule has 1 amide bonds. The predicted molar refractivity (Wildman–Crippen MR) is 121 cm³/mol. The summed E-state index contributed by atoms with van der Waals surface area (Å²) < 4.78 is 44.9. The number of benzene rings is 1. The van der Waals surface area contributed by atoms with Crippen LogP contribution in [0.5, 0.6) is 0 Å². The Kier molecular flexibility index (Phi) is 5.65. The van der Waals surface area contributed by atoms with Gasteiger partial charge in [-0.15, -0.1) is 0 Å². The van der Waals surface area contributed by atoms with Crippen molar-refractivity contribution in [2.45, 2.75) is 38.3 Å². The van der Waals surface area contributed by atoms with Crippen LogP contribution in [0.2, 0.25) is 0 Å². The largest absolute Gasteiger partial charge is 0.376 e. The molecule has 3 aromatic rings. The quantitative estimate of drug-likeness (QED) is 0.613. The van der Waals surface area contributed by atoms with Gasteiger partial charge in [0.2, 0.25) is 0 Å². The van der Waals surface area contributed by atoms with E-state index in [2.05, 4.69) is 10.4 Å². The molecule has 2 fully saturated rings. The van der Waals surface area contributed by atoms with Crippen LogP contribution in [0.3, 0.4) is 0 Å². The number of aryl methyl sites for hydroxylation is 1. The molecule has 33 heavy (non-hydrogen) atoms. The lowest BCUT2D eigenvalue weighted by Gasteiger charge is -2.14. The Morgan fingerprint density at radius 1 is 1.27 bits per heavy atom. The van der Waals surface area contributed by atoms with E-state index in [0.717, 1.165) is 12.8 Å². The minimum atomic E-state index is -3.14. The smallest absolute Gasteiger partial charge is 0.252 e. The molecule has 0 bridgehead atoms. The first-order valence-corrected chi connectivity index (χ1v) is 12.9. The number of amides is 1. The van der Waals surface area contributed by atoms with Crippen LogP contribution in [0.4, 0.5) is 4.39 Å². The van der Waals surface area contributed by atoms with Gasteiger partial charge in [0.25, 0.3) is 5.91 Å². The van der Waals surface area contributed by atoms with Gasteiger partial charge >= 0.3 is 0 Å². The number of pyridine rings is 1. The van der Waals surface area contributed by atoms with Crippen molar-refractivity contribution in [2.24, 2.45) is 0 Å². The van der Waals surface area contributed by atoms with E-state index >= 15 is 0 Å². The number of carbonyl (C=O) groups excluding carboxylic acids is 1. The molecule has 10 heteroatoms. The Morgan fingerprint density at radius 2 is 2.06 bits per heavy atom. The SMILES string of the molecule is Cc1nn(C2CCS(=O)(=O)C2)c2nc(-c3ccc(F)cc3)cc(C(=O)NCC3CCCO3)c12. The predicted octanol–water partition coefficient (Wildman–Crippen LogP) is 2.81. The highest BCUT2D eigenvalue weighted by atomic mass is 32.2. The van der Waals surface area contributed by atoms with Crippen LogP contribution < -0.4 is 5.32 Å². The average molecular weight is 473 g/mol. The van der Waals surface area contributed by atoms with Gasteiger partial charge in [0, 0.05) is 18.7 Å². The number of nitrogens with one attached hydrogen (secondary N) is 1. The number of aromatic nitrogens is 3. The third-order valence-corrected chi connectivity index (χ3v) is 8.04. The summed E-state index contributed by atoms with van der Waals surface area (Å²) in [7, 11) is -3.14. The topological polar surface area (TPSA) is 103 Å². The molecule has 2 aromatic heterocycles. The average Bonchev–Trinajstić information content (AvgIpc) is 3.51. The molecule has 5 rings (SSSR count). The summed E-state index contributed by atoms with van der Waals surface area (Å²) >= 11 is 0. The molecule has 0 aliphatic carbocycles. The molecule has 174 valence electrons. The summed E-state index contributed by atoms with van der Waals surface area (Å²) in [5, 5.41) is 8.14. The van der Waals surface area contributed by atoms with Gasteiger partial charge in [0.05, 0.1) is 46.0 Å². The molecule has 4 heterocycles. The van der Waals surface area contributed by atoms with Crippen molar-refractivity contribution >= 4 is 26.8 Å². The maximum absolute atomic E-state index is 13.5. The van der Waals surface area contributed by atoms with Crippen molar-refractivity contribution in [2.75, 3.05) is 24.7 Å². The van der Waals surface area contributed by atoms with Crippen LogP contribution in [-0.2, 0) is 14.6 Å². The highest BCUT2D eigenvalue weighted by molar-refractivity contribution is 7.91. The van der Waals surface area contributed by atoms with E-state index in [-0.39, 0.29) is 35.4 Å². The van der Waals surface area contributed by atoms with E-state index in [1.165, 1.54) is 12.1 Å². The van der Waals surface area contributed by atoms with Crippen LogP contribution in [-0.4, -0.2) is 59.9 Å². The number of ether oxygens (including phenoxy) is 1. The molecule has 1 aromatic carbocycles. The minimum Gasteiger partial charge on any atom is -0.376 e. The molecule has 0 spiro atoms. The zero-order chi connectivity index (χ0) is 23.2. The lowest BCUT2D eigenvalue weighted by atomic mass is 10.0. The van der Waals surface area contributed by atoms with Gasteiger partial charge in [-0.05, 0) is 56.5 Å². The second kappa shape index (κ2) is 8.49. The number of halogens is 1. The fourth-order valence-corrected chi connectivity index (χ4v) is 6.28. The van der Waals surface area contributed by atoms with Crippen LogP contribution in [0.1, 0.15) is 41.4 Å². The Bertz CT molecular complexity index is 1310. The third-order valence-electron chi connectivity index (χ3n) is 6.29. The summed E-state index contributed by atoms with van der Waals surface area (Å²) in [6.07, 6.45) is 2.32. The van der Waals surface area contributed by atoms with E-state index in [9.17, 15) is 17.6 Å². The maximum atomic E-state index is 13.5. The van der Waals surface area contributed by atoms with Crippen molar-refractivity contribution < 1.29 is 22.3 Å². The van der Waals surface area contributed by atoms with Gasteiger partial charge in [-0.3, -0.25) is 4.79 Å². The Labute approximate surface area is 191 Å². The van der Waals surface area contributed by atoms with Crippen molar-refractivity contribution in [3.05, 3.63) is 47.4 Å². The standard InChI is InChI=1S/C23H25FN4O4S/c1-14-21-19(23(29)25-12-18-3-2-9-32-18)11-20(15-4-6-16(24)7-5-15)26-22(21)28(27-14)17-8-10-33(30,31)13-17/h4-7,11,17-18H,2-3,8-10,12-13H2,1H3,(H,25,29).